The average molecular weight is 302 g/mol. The number of methoxy groups -OCH3 is 1. The molecule has 0 aliphatic heterocycles. The molecule has 0 aliphatic carbocycles. The number of rotatable bonds is 5. The molecule has 0 saturated heterocycles. The minimum atomic E-state index is -0.406. The second kappa shape index (κ2) is 6.61. The zero-order chi connectivity index (χ0) is 12.8. The maximum atomic E-state index is 10.9. The minimum Gasteiger partial charge on any atom is -0.481 e. The van der Waals surface area contributed by atoms with E-state index in [-0.39, 0.29) is 12.6 Å². The van der Waals surface area contributed by atoms with Crippen molar-refractivity contribution in [3.8, 4) is 5.75 Å². The molecule has 0 fully saturated rings. The van der Waals surface area contributed by atoms with Crippen molar-refractivity contribution in [3.63, 3.8) is 0 Å². The lowest BCUT2D eigenvalue weighted by Gasteiger charge is -2.10. The van der Waals surface area contributed by atoms with Crippen LogP contribution in [-0.2, 0) is 16.0 Å². The van der Waals surface area contributed by atoms with Gasteiger partial charge in [-0.2, -0.15) is 0 Å². The predicted molar refractivity (Wildman–Crippen MR) is 69.0 cm³/mol. The highest BCUT2D eigenvalue weighted by Gasteiger charge is 2.07. The summed E-state index contributed by atoms with van der Waals surface area (Å²) >= 11 is 3.39. The second-order valence-electron chi connectivity index (χ2n) is 3.81. The van der Waals surface area contributed by atoms with Crippen molar-refractivity contribution >= 4 is 21.9 Å². The van der Waals surface area contributed by atoms with E-state index < -0.39 is 5.97 Å². The van der Waals surface area contributed by atoms with Gasteiger partial charge in [-0.1, -0.05) is 6.07 Å². The Morgan fingerprint density at radius 1 is 1.53 bits per heavy atom. The van der Waals surface area contributed by atoms with Gasteiger partial charge in [0.2, 0.25) is 0 Å². The summed E-state index contributed by atoms with van der Waals surface area (Å²) in [5.74, 6) is 0.209. The van der Waals surface area contributed by atoms with Crippen molar-refractivity contribution in [3.05, 3.63) is 28.2 Å². The molecule has 0 amide bonds. The monoisotopic (exact) mass is 301 g/mol. The summed E-state index contributed by atoms with van der Waals surface area (Å²) in [7, 11) is 1.33. The van der Waals surface area contributed by atoms with E-state index in [1.165, 1.54) is 7.11 Å². The van der Waals surface area contributed by atoms with Crippen LogP contribution in [0.4, 0.5) is 0 Å². The van der Waals surface area contributed by atoms with Crippen molar-refractivity contribution in [1.29, 1.82) is 0 Å². The maximum absolute atomic E-state index is 10.9. The van der Waals surface area contributed by atoms with Crippen LogP contribution >= 0.6 is 15.9 Å². The average Bonchev–Trinajstić information content (AvgIpc) is 2.26. The molecule has 2 N–H and O–H groups in total. The Morgan fingerprint density at radius 3 is 2.76 bits per heavy atom. The quantitative estimate of drug-likeness (QED) is 0.844. The summed E-state index contributed by atoms with van der Waals surface area (Å²) in [5.41, 5.74) is 6.84. The molecular weight excluding hydrogens is 286 g/mol. The summed E-state index contributed by atoms with van der Waals surface area (Å²) in [6.07, 6.45) is 0.801. The lowest BCUT2D eigenvalue weighted by Crippen LogP contribution is -2.17. The molecule has 94 valence electrons. The molecule has 0 bridgehead atoms. The number of nitrogens with two attached hydrogens (primary N) is 1. The van der Waals surface area contributed by atoms with E-state index >= 15 is 0 Å². The summed E-state index contributed by atoms with van der Waals surface area (Å²) in [6, 6.07) is 5.80. The Bertz CT molecular complexity index is 393. The Labute approximate surface area is 109 Å². The van der Waals surface area contributed by atoms with Crippen molar-refractivity contribution in [2.75, 3.05) is 13.7 Å². The van der Waals surface area contributed by atoms with Crippen molar-refractivity contribution in [1.82, 2.24) is 0 Å². The number of benzene rings is 1. The number of ether oxygens (including phenoxy) is 2. The van der Waals surface area contributed by atoms with Gasteiger partial charge in [-0.15, -0.1) is 0 Å². The number of halogens is 1. The summed E-state index contributed by atoms with van der Waals surface area (Å²) < 4.78 is 10.6. The van der Waals surface area contributed by atoms with Gasteiger partial charge in [0, 0.05) is 6.04 Å². The van der Waals surface area contributed by atoms with Gasteiger partial charge in [0.25, 0.3) is 0 Å². The largest absolute Gasteiger partial charge is 0.481 e. The number of esters is 1. The van der Waals surface area contributed by atoms with Crippen LogP contribution in [0, 0.1) is 0 Å². The van der Waals surface area contributed by atoms with Crippen LogP contribution in [-0.4, -0.2) is 25.7 Å². The van der Waals surface area contributed by atoms with E-state index in [4.69, 9.17) is 10.5 Å². The SMILES string of the molecule is COC(=O)COc1ccc(CC(C)N)cc1Br. The zero-order valence-electron chi connectivity index (χ0n) is 9.90. The highest BCUT2D eigenvalue weighted by Crippen LogP contribution is 2.26. The molecule has 17 heavy (non-hydrogen) atoms. The second-order valence-corrected chi connectivity index (χ2v) is 4.67. The molecule has 1 aromatic carbocycles. The van der Waals surface area contributed by atoms with Gasteiger partial charge in [-0.05, 0) is 47.0 Å². The van der Waals surface area contributed by atoms with Gasteiger partial charge in [-0.25, -0.2) is 4.79 Å². The van der Waals surface area contributed by atoms with Gasteiger partial charge in [0.05, 0.1) is 11.6 Å². The number of hydrogen-bond donors (Lipinski definition) is 1. The first-order valence-electron chi connectivity index (χ1n) is 5.26. The molecule has 1 unspecified atom stereocenters. The molecule has 0 heterocycles. The number of hydrogen-bond acceptors (Lipinski definition) is 4. The molecule has 1 atom stereocenters. The fraction of sp³-hybridized carbons (Fsp3) is 0.417. The van der Waals surface area contributed by atoms with Crippen molar-refractivity contribution in [2.45, 2.75) is 19.4 Å². The first kappa shape index (κ1) is 14.0. The van der Waals surface area contributed by atoms with Crippen LogP contribution in [0.2, 0.25) is 0 Å². The summed E-state index contributed by atoms with van der Waals surface area (Å²) in [4.78, 5) is 10.9. The smallest absolute Gasteiger partial charge is 0.343 e. The molecular formula is C12H16BrNO3. The third-order valence-electron chi connectivity index (χ3n) is 2.13. The standard InChI is InChI=1S/C12H16BrNO3/c1-8(14)5-9-3-4-11(10(13)6-9)17-7-12(15)16-2/h3-4,6,8H,5,7,14H2,1-2H3. The molecule has 0 aliphatic rings. The Hall–Kier alpha value is -1.07. The first-order valence-corrected chi connectivity index (χ1v) is 6.06. The Kier molecular flexibility index (Phi) is 5.44. The topological polar surface area (TPSA) is 61.5 Å². The predicted octanol–water partition coefficient (Wildman–Crippen LogP) is 1.89. The molecule has 1 aromatic rings. The normalized spacial score (nSPS) is 12.0. The first-order chi connectivity index (χ1) is 8.02. The Morgan fingerprint density at radius 2 is 2.24 bits per heavy atom. The van der Waals surface area contributed by atoms with E-state index in [1.54, 1.807) is 0 Å². The van der Waals surface area contributed by atoms with Crippen LogP contribution in [0.5, 0.6) is 5.75 Å². The summed E-state index contributed by atoms with van der Waals surface area (Å²) in [6.45, 7) is 1.86. The highest BCUT2D eigenvalue weighted by molar-refractivity contribution is 9.10. The van der Waals surface area contributed by atoms with Gasteiger partial charge < -0.3 is 15.2 Å². The fourth-order valence-electron chi connectivity index (χ4n) is 1.36. The van der Waals surface area contributed by atoms with Crippen molar-refractivity contribution in [2.24, 2.45) is 5.73 Å². The molecule has 1 rings (SSSR count). The van der Waals surface area contributed by atoms with Crippen LogP contribution in [0.1, 0.15) is 12.5 Å². The van der Waals surface area contributed by atoms with Gasteiger partial charge in [0.15, 0.2) is 6.61 Å². The number of carbonyl (C=O) groups excluding carboxylic acids is 1. The molecule has 4 nitrogen and oxygen atoms in total. The lowest BCUT2D eigenvalue weighted by molar-refractivity contribution is -0.142. The minimum absolute atomic E-state index is 0.0955. The van der Waals surface area contributed by atoms with E-state index in [0.29, 0.717) is 5.75 Å². The van der Waals surface area contributed by atoms with Gasteiger partial charge in [-0.3, -0.25) is 0 Å². The van der Waals surface area contributed by atoms with E-state index in [9.17, 15) is 4.79 Å². The Balaban J connectivity index is 2.66. The van der Waals surface area contributed by atoms with Crippen LogP contribution in [0.15, 0.2) is 22.7 Å². The van der Waals surface area contributed by atoms with Gasteiger partial charge >= 0.3 is 5.97 Å². The molecule has 0 saturated carbocycles. The molecule has 0 spiro atoms. The highest BCUT2D eigenvalue weighted by atomic mass is 79.9. The maximum Gasteiger partial charge on any atom is 0.343 e. The van der Waals surface area contributed by atoms with Crippen molar-refractivity contribution < 1.29 is 14.3 Å². The molecule has 0 radical (unpaired) electrons. The number of carbonyl (C=O) groups is 1. The van der Waals surface area contributed by atoms with Crippen LogP contribution < -0.4 is 10.5 Å². The molecule has 5 heteroatoms. The van der Waals surface area contributed by atoms with E-state index in [0.717, 1.165) is 16.5 Å². The third-order valence-corrected chi connectivity index (χ3v) is 2.75. The zero-order valence-corrected chi connectivity index (χ0v) is 11.5. The van der Waals surface area contributed by atoms with E-state index in [1.807, 2.05) is 25.1 Å². The summed E-state index contributed by atoms with van der Waals surface area (Å²) in [5, 5.41) is 0. The molecule has 0 aromatic heterocycles. The third kappa shape index (κ3) is 4.75. The lowest BCUT2D eigenvalue weighted by atomic mass is 10.1. The van der Waals surface area contributed by atoms with Crippen LogP contribution in [0.25, 0.3) is 0 Å². The fourth-order valence-corrected chi connectivity index (χ4v) is 1.90. The van der Waals surface area contributed by atoms with Gasteiger partial charge in [0.1, 0.15) is 5.75 Å². The van der Waals surface area contributed by atoms with E-state index in [2.05, 4.69) is 20.7 Å². The van der Waals surface area contributed by atoms with Crippen LogP contribution in [0.3, 0.4) is 0 Å².